The molecule has 21 heavy (non-hydrogen) atoms. The molecule has 3 aliphatic rings. The molecule has 0 amide bonds. The summed E-state index contributed by atoms with van der Waals surface area (Å²) in [5.74, 6) is 0. The van der Waals surface area contributed by atoms with Crippen molar-refractivity contribution in [2.45, 2.75) is 63.8 Å². The molecule has 3 nitrogen and oxygen atoms in total. The molecule has 122 valence electrons. The molecular formula is C18H35N3. The fourth-order valence-corrected chi connectivity index (χ4v) is 4.25. The highest BCUT2D eigenvalue weighted by Gasteiger charge is 2.35. The van der Waals surface area contributed by atoms with Crippen LogP contribution in [0.25, 0.3) is 0 Å². The van der Waals surface area contributed by atoms with E-state index in [4.69, 9.17) is 0 Å². The van der Waals surface area contributed by atoms with E-state index in [2.05, 4.69) is 22.2 Å². The normalized spacial score (nSPS) is 29.0. The second-order valence-electron chi connectivity index (χ2n) is 8.00. The molecule has 0 atom stereocenters. The third-order valence-electron chi connectivity index (χ3n) is 5.88. The van der Waals surface area contributed by atoms with Gasteiger partial charge in [-0.3, -0.25) is 0 Å². The average molecular weight is 293 g/mol. The van der Waals surface area contributed by atoms with E-state index in [0.29, 0.717) is 5.41 Å². The molecule has 1 heterocycles. The topological polar surface area (TPSA) is 18.5 Å². The second kappa shape index (κ2) is 7.43. The molecule has 3 fully saturated rings. The quantitative estimate of drug-likeness (QED) is 0.786. The Labute approximate surface area is 131 Å². The number of nitrogens with zero attached hydrogens (tertiary/aromatic N) is 2. The minimum absolute atomic E-state index is 0.571. The van der Waals surface area contributed by atoms with Crippen molar-refractivity contribution in [1.82, 2.24) is 15.1 Å². The monoisotopic (exact) mass is 293 g/mol. The Morgan fingerprint density at radius 3 is 2.38 bits per heavy atom. The molecule has 1 saturated heterocycles. The summed E-state index contributed by atoms with van der Waals surface area (Å²) in [5.41, 5.74) is 0.571. The van der Waals surface area contributed by atoms with Gasteiger partial charge in [0.2, 0.25) is 0 Å². The molecule has 0 spiro atoms. The van der Waals surface area contributed by atoms with Gasteiger partial charge in [0.25, 0.3) is 0 Å². The summed E-state index contributed by atoms with van der Waals surface area (Å²) in [4.78, 5) is 5.28. The van der Waals surface area contributed by atoms with Gasteiger partial charge in [-0.25, -0.2) is 0 Å². The van der Waals surface area contributed by atoms with Crippen LogP contribution in [-0.2, 0) is 0 Å². The van der Waals surface area contributed by atoms with E-state index >= 15 is 0 Å². The van der Waals surface area contributed by atoms with Crippen LogP contribution in [0.2, 0.25) is 0 Å². The van der Waals surface area contributed by atoms with E-state index in [-0.39, 0.29) is 0 Å². The molecule has 1 aliphatic heterocycles. The summed E-state index contributed by atoms with van der Waals surface area (Å²) in [7, 11) is 2.28. The maximum Gasteiger partial charge on any atom is 0.0109 e. The fraction of sp³-hybridized carbons (Fsp3) is 1.00. The van der Waals surface area contributed by atoms with Crippen LogP contribution in [-0.4, -0.2) is 62.2 Å². The van der Waals surface area contributed by atoms with Gasteiger partial charge in [-0.1, -0.05) is 25.7 Å². The van der Waals surface area contributed by atoms with Crippen LogP contribution < -0.4 is 5.32 Å². The summed E-state index contributed by atoms with van der Waals surface area (Å²) in [6.07, 6.45) is 13.0. The summed E-state index contributed by atoms with van der Waals surface area (Å²) in [6, 6.07) is 0.861. The lowest BCUT2D eigenvalue weighted by molar-refractivity contribution is 0.129. The van der Waals surface area contributed by atoms with Gasteiger partial charge in [-0.05, 0) is 57.7 Å². The third kappa shape index (κ3) is 4.94. The Hall–Kier alpha value is -0.120. The number of hydrogen-bond donors (Lipinski definition) is 1. The lowest BCUT2D eigenvalue weighted by Gasteiger charge is -2.38. The van der Waals surface area contributed by atoms with Crippen LogP contribution in [0.1, 0.15) is 57.8 Å². The second-order valence-corrected chi connectivity index (χ2v) is 8.00. The van der Waals surface area contributed by atoms with Gasteiger partial charge in [-0.15, -0.1) is 0 Å². The zero-order valence-electron chi connectivity index (χ0n) is 14.1. The van der Waals surface area contributed by atoms with Gasteiger partial charge in [0.15, 0.2) is 0 Å². The smallest absolute Gasteiger partial charge is 0.0109 e. The molecule has 3 rings (SSSR count). The van der Waals surface area contributed by atoms with Crippen molar-refractivity contribution < 1.29 is 0 Å². The first-order chi connectivity index (χ1) is 10.3. The molecule has 0 unspecified atom stereocenters. The lowest BCUT2D eigenvalue weighted by Crippen LogP contribution is -2.45. The van der Waals surface area contributed by atoms with Crippen molar-refractivity contribution in [2.24, 2.45) is 5.41 Å². The predicted octanol–water partition coefficient (Wildman–Crippen LogP) is 2.72. The molecule has 0 bridgehead atoms. The van der Waals surface area contributed by atoms with Crippen LogP contribution in [0.3, 0.4) is 0 Å². The number of nitrogens with one attached hydrogen (secondary N) is 1. The standard InChI is InChI=1S/C18H35N3/c1-20-11-6-12-21(14-13-20)16-18(15-19-17-7-8-17)9-4-2-3-5-10-18/h17,19H,2-16H2,1H3. The molecule has 3 heteroatoms. The minimum atomic E-state index is 0.571. The molecule has 0 aromatic heterocycles. The highest BCUT2D eigenvalue weighted by molar-refractivity contribution is 4.91. The van der Waals surface area contributed by atoms with Crippen molar-refractivity contribution in [3.63, 3.8) is 0 Å². The van der Waals surface area contributed by atoms with Crippen molar-refractivity contribution in [2.75, 3.05) is 46.3 Å². The van der Waals surface area contributed by atoms with Gasteiger partial charge in [0, 0.05) is 32.2 Å². The Morgan fingerprint density at radius 2 is 1.67 bits per heavy atom. The van der Waals surface area contributed by atoms with Gasteiger partial charge >= 0.3 is 0 Å². The summed E-state index contributed by atoms with van der Waals surface area (Å²) in [5, 5.41) is 3.87. The summed E-state index contributed by atoms with van der Waals surface area (Å²) in [6.45, 7) is 7.76. The van der Waals surface area contributed by atoms with E-state index in [9.17, 15) is 0 Å². The lowest BCUT2D eigenvalue weighted by atomic mass is 9.79. The van der Waals surface area contributed by atoms with Crippen LogP contribution >= 0.6 is 0 Å². The van der Waals surface area contributed by atoms with Gasteiger partial charge in [0.1, 0.15) is 0 Å². The molecule has 0 aromatic rings. The predicted molar refractivity (Wildman–Crippen MR) is 89.7 cm³/mol. The molecular weight excluding hydrogens is 258 g/mol. The maximum absolute atomic E-state index is 3.87. The highest BCUT2D eigenvalue weighted by Crippen LogP contribution is 2.36. The highest BCUT2D eigenvalue weighted by atomic mass is 15.2. The fourth-order valence-electron chi connectivity index (χ4n) is 4.25. The average Bonchev–Trinajstić information content (AvgIpc) is 3.29. The van der Waals surface area contributed by atoms with E-state index in [1.54, 1.807) is 0 Å². The van der Waals surface area contributed by atoms with Crippen LogP contribution in [0.4, 0.5) is 0 Å². The van der Waals surface area contributed by atoms with Crippen molar-refractivity contribution in [3.8, 4) is 0 Å². The third-order valence-corrected chi connectivity index (χ3v) is 5.88. The molecule has 1 N–H and O–H groups in total. The van der Waals surface area contributed by atoms with Crippen LogP contribution in [0.15, 0.2) is 0 Å². The Kier molecular flexibility index (Phi) is 5.58. The first kappa shape index (κ1) is 15.8. The molecule has 0 aromatic carbocycles. The van der Waals surface area contributed by atoms with Gasteiger partial charge in [-0.2, -0.15) is 0 Å². The van der Waals surface area contributed by atoms with Gasteiger partial charge in [0.05, 0.1) is 0 Å². The molecule has 2 saturated carbocycles. The van der Waals surface area contributed by atoms with Crippen LogP contribution in [0, 0.1) is 5.41 Å². The Morgan fingerprint density at radius 1 is 0.905 bits per heavy atom. The number of likely N-dealkylation sites (N-methyl/N-ethyl adjacent to an activating group) is 1. The molecule has 2 aliphatic carbocycles. The first-order valence-corrected chi connectivity index (χ1v) is 9.40. The van der Waals surface area contributed by atoms with E-state index < -0.39 is 0 Å². The summed E-state index contributed by atoms with van der Waals surface area (Å²) < 4.78 is 0. The van der Waals surface area contributed by atoms with Crippen molar-refractivity contribution >= 4 is 0 Å². The van der Waals surface area contributed by atoms with E-state index in [0.717, 1.165) is 6.04 Å². The Bertz CT molecular complexity index is 306. The zero-order valence-corrected chi connectivity index (χ0v) is 14.1. The van der Waals surface area contributed by atoms with E-state index in [1.165, 1.54) is 97.1 Å². The minimum Gasteiger partial charge on any atom is -0.313 e. The zero-order chi connectivity index (χ0) is 14.5. The number of rotatable bonds is 5. The SMILES string of the molecule is CN1CCCN(CC2(CNC3CC3)CCCCCC2)CC1. The largest absolute Gasteiger partial charge is 0.313 e. The first-order valence-electron chi connectivity index (χ1n) is 9.40. The van der Waals surface area contributed by atoms with Crippen LogP contribution in [0.5, 0.6) is 0 Å². The number of hydrogen-bond acceptors (Lipinski definition) is 3. The molecule has 0 radical (unpaired) electrons. The van der Waals surface area contributed by atoms with E-state index in [1.807, 2.05) is 0 Å². The Balaban J connectivity index is 1.59. The van der Waals surface area contributed by atoms with Crippen molar-refractivity contribution in [1.29, 1.82) is 0 Å². The summed E-state index contributed by atoms with van der Waals surface area (Å²) >= 11 is 0. The maximum atomic E-state index is 3.87. The van der Waals surface area contributed by atoms with Gasteiger partial charge < -0.3 is 15.1 Å². The van der Waals surface area contributed by atoms with Crippen molar-refractivity contribution in [3.05, 3.63) is 0 Å².